The molecule has 0 spiro atoms. The molecule has 32 heavy (non-hydrogen) atoms. The molecule has 1 amide bonds. The number of anilines is 1. The van der Waals surface area contributed by atoms with Gasteiger partial charge in [-0.25, -0.2) is 4.99 Å². The summed E-state index contributed by atoms with van der Waals surface area (Å²) in [6.07, 6.45) is 0. The van der Waals surface area contributed by atoms with Gasteiger partial charge >= 0.3 is 0 Å². The fraction of sp³-hybridized carbons (Fsp3) is 0.391. The van der Waals surface area contributed by atoms with Crippen molar-refractivity contribution in [1.82, 2.24) is 10.2 Å². The van der Waals surface area contributed by atoms with Crippen LogP contribution in [-0.4, -0.2) is 57.7 Å². The number of guanidine groups is 1. The average molecular weight is 556 g/mol. The van der Waals surface area contributed by atoms with E-state index in [1.54, 1.807) is 21.2 Å². The van der Waals surface area contributed by atoms with Crippen molar-refractivity contribution in [1.29, 1.82) is 0 Å². The van der Waals surface area contributed by atoms with E-state index in [2.05, 4.69) is 15.6 Å². The summed E-state index contributed by atoms with van der Waals surface area (Å²) in [6.45, 7) is 5.65. The molecule has 0 bridgehead atoms. The number of benzene rings is 2. The number of carbonyl (C=O) groups excluding carboxylic acids is 1. The van der Waals surface area contributed by atoms with Gasteiger partial charge in [0.25, 0.3) is 5.91 Å². The number of nitrogens with zero attached hydrogens (tertiary/aromatic N) is 2. The molecule has 0 unspecified atom stereocenters. The van der Waals surface area contributed by atoms with Gasteiger partial charge in [0.2, 0.25) is 0 Å². The molecule has 2 aromatic carbocycles. The summed E-state index contributed by atoms with van der Waals surface area (Å²) in [4.78, 5) is 17.9. The Morgan fingerprint density at radius 2 is 1.84 bits per heavy atom. The Labute approximate surface area is 207 Å². The summed E-state index contributed by atoms with van der Waals surface area (Å²) in [5.41, 5.74) is 1.81. The smallest absolute Gasteiger partial charge is 0.259 e. The zero-order chi connectivity index (χ0) is 22.6. The summed E-state index contributed by atoms with van der Waals surface area (Å²) >= 11 is 0. The van der Waals surface area contributed by atoms with Crippen LogP contribution in [0.15, 0.2) is 47.5 Å². The largest absolute Gasteiger partial charge is 0.493 e. The van der Waals surface area contributed by atoms with E-state index in [9.17, 15) is 4.79 Å². The first-order valence-electron chi connectivity index (χ1n) is 10.2. The van der Waals surface area contributed by atoms with Crippen molar-refractivity contribution in [2.45, 2.75) is 20.4 Å². The first kappa shape index (κ1) is 27.3. The second kappa shape index (κ2) is 14.4. The fourth-order valence-corrected chi connectivity index (χ4v) is 2.64. The molecule has 0 aliphatic rings. The molecule has 0 atom stereocenters. The molecule has 9 heteroatoms. The maximum atomic E-state index is 11.7. The number of ether oxygens (including phenoxy) is 3. The molecule has 2 N–H and O–H groups in total. The first-order valence-corrected chi connectivity index (χ1v) is 10.2. The minimum absolute atomic E-state index is 0. The minimum atomic E-state index is -0.0898. The van der Waals surface area contributed by atoms with Crippen LogP contribution in [-0.2, 0) is 11.3 Å². The van der Waals surface area contributed by atoms with E-state index in [4.69, 9.17) is 14.2 Å². The third-order valence-corrected chi connectivity index (χ3v) is 4.25. The van der Waals surface area contributed by atoms with Crippen LogP contribution in [0, 0.1) is 0 Å². The van der Waals surface area contributed by atoms with Crippen LogP contribution in [0.3, 0.4) is 0 Å². The molecule has 2 aromatic rings. The maximum absolute atomic E-state index is 11.7. The lowest BCUT2D eigenvalue weighted by molar-refractivity contribution is -0.130. The summed E-state index contributed by atoms with van der Waals surface area (Å²) in [5, 5.41) is 6.52. The van der Waals surface area contributed by atoms with Gasteiger partial charge in [0.1, 0.15) is 5.75 Å². The summed E-state index contributed by atoms with van der Waals surface area (Å²) in [5.74, 6) is 2.54. The Balaban J connectivity index is 0.00000512. The van der Waals surface area contributed by atoms with Crippen LogP contribution in [0.25, 0.3) is 0 Å². The number of amides is 1. The number of halogens is 1. The predicted molar refractivity (Wildman–Crippen MR) is 139 cm³/mol. The fourth-order valence-electron chi connectivity index (χ4n) is 2.64. The third kappa shape index (κ3) is 8.81. The van der Waals surface area contributed by atoms with Crippen molar-refractivity contribution in [2.75, 3.05) is 46.3 Å². The Morgan fingerprint density at radius 1 is 1.06 bits per heavy atom. The van der Waals surface area contributed by atoms with Gasteiger partial charge in [-0.2, -0.15) is 0 Å². The van der Waals surface area contributed by atoms with Crippen molar-refractivity contribution in [2.24, 2.45) is 4.99 Å². The predicted octanol–water partition coefficient (Wildman–Crippen LogP) is 3.76. The Morgan fingerprint density at radius 3 is 2.50 bits per heavy atom. The van der Waals surface area contributed by atoms with Crippen LogP contribution in [0.5, 0.6) is 17.2 Å². The Kier molecular flexibility index (Phi) is 12.3. The van der Waals surface area contributed by atoms with Gasteiger partial charge < -0.3 is 29.7 Å². The molecule has 2 rings (SSSR count). The topological polar surface area (TPSA) is 84.4 Å². The van der Waals surface area contributed by atoms with Gasteiger partial charge in [0, 0.05) is 32.4 Å². The van der Waals surface area contributed by atoms with Gasteiger partial charge in [0.15, 0.2) is 24.1 Å². The molecule has 0 fully saturated rings. The number of methoxy groups -OCH3 is 1. The second-order valence-corrected chi connectivity index (χ2v) is 6.84. The van der Waals surface area contributed by atoms with E-state index >= 15 is 0 Å². The number of nitrogens with one attached hydrogen (secondary N) is 2. The van der Waals surface area contributed by atoms with Gasteiger partial charge in [-0.15, -0.1) is 24.0 Å². The van der Waals surface area contributed by atoms with Gasteiger partial charge in [-0.3, -0.25) is 4.79 Å². The van der Waals surface area contributed by atoms with E-state index in [1.807, 2.05) is 56.3 Å². The standard InChI is InChI=1S/C23H32N4O4.HI/c1-6-24-23(26-18-11-12-20(29-5)21(14-18)30-7-2)25-15-17-9-8-10-19(13-17)31-16-22(28)27(3)4;/h8-14H,6-7,15-16H2,1-5H3,(H2,24,25,26);1H. The van der Waals surface area contributed by atoms with Crippen LogP contribution in [0.1, 0.15) is 19.4 Å². The molecule has 0 radical (unpaired) electrons. The molecule has 0 heterocycles. The van der Waals surface area contributed by atoms with Gasteiger partial charge in [-0.05, 0) is 43.7 Å². The van der Waals surface area contributed by atoms with Crippen molar-refractivity contribution >= 4 is 41.5 Å². The van der Waals surface area contributed by atoms with E-state index in [1.165, 1.54) is 4.90 Å². The van der Waals surface area contributed by atoms with Crippen molar-refractivity contribution in [3.63, 3.8) is 0 Å². The molecule has 0 saturated carbocycles. The quantitative estimate of drug-likeness (QED) is 0.264. The lowest BCUT2D eigenvalue weighted by Crippen LogP contribution is -2.30. The van der Waals surface area contributed by atoms with E-state index in [0.717, 1.165) is 17.8 Å². The van der Waals surface area contributed by atoms with E-state index in [0.29, 0.717) is 36.4 Å². The molecule has 176 valence electrons. The van der Waals surface area contributed by atoms with Crippen LogP contribution >= 0.6 is 24.0 Å². The first-order chi connectivity index (χ1) is 15.0. The highest BCUT2D eigenvalue weighted by Crippen LogP contribution is 2.30. The molecule has 0 saturated heterocycles. The second-order valence-electron chi connectivity index (χ2n) is 6.84. The highest BCUT2D eigenvalue weighted by molar-refractivity contribution is 14.0. The molecular weight excluding hydrogens is 523 g/mol. The molecule has 0 aliphatic carbocycles. The average Bonchev–Trinajstić information content (AvgIpc) is 2.76. The number of carbonyl (C=O) groups is 1. The molecular formula is C23H33IN4O4. The summed E-state index contributed by atoms with van der Waals surface area (Å²) in [7, 11) is 5.02. The van der Waals surface area contributed by atoms with Gasteiger partial charge in [-0.1, -0.05) is 12.1 Å². The zero-order valence-electron chi connectivity index (χ0n) is 19.3. The van der Waals surface area contributed by atoms with Crippen molar-refractivity contribution < 1.29 is 19.0 Å². The number of hydrogen-bond acceptors (Lipinski definition) is 5. The Bertz CT molecular complexity index is 890. The monoisotopic (exact) mass is 556 g/mol. The number of aliphatic imine (C=N–C) groups is 1. The molecule has 0 aliphatic heterocycles. The maximum Gasteiger partial charge on any atom is 0.259 e. The van der Waals surface area contributed by atoms with E-state index in [-0.39, 0.29) is 36.5 Å². The number of hydrogen-bond donors (Lipinski definition) is 2. The minimum Gasteiger partial charge on any atom is -0.493 e. The van der Waals surface area contributed by atoms with Crippen LogP contribution in [0.2, 0.25) is 0 Å². The van der Waals surface area contributed by atoms with Gasteiger partial charge in [0.05, 0.1) is 20.3 Å². The SMILES string of the molecule is CCNC(=NCc1cccc(OCC(=O)N(C)C)c1)Nc1ccc(OC)c(OCC)c1.I. The lowest BCUT2D eigenvalue weighted by Gasteiger charge is -2.15. The van der Waals surface area contributed by atoms with Crippen LogP contribution < -0.4 is 24.8 Å². The zero-order valence-corrected chi connectivity index (χ0v) is 21.6. The normalized spacial score (nSPS) is 10.6. The summed E-state index contributed by atoms with van der Waals surface area (Å²) < 4.78 is 16.6. The van der Waals surface area contributed by atoms with Crippen molar-refractivity contribution in [3.8, 4) is 17.2 Å². The molecule has 8 nitrogen and oxygen atoms in total. The van der Waals surface area contributed by atoms with Crippen LogP contribution in [0.4, 0.5) is 5.69 Å². The lowest BCUT2D eigenvalue weighted by atomic mass is 10.2. The highest BCUT2D eigenvalue weighted by Gasteiger charge is 2.08. The third-order valence-electron chi connectivity index (χ3n) is 4.25. The number of rotatable bonds is 10. The Hall–Kier alpha value is -2.69. The summed E-state index contributed by atoms with van der Waals surface area (Å²) in [6, 6.07) is 13.2. The van der Waals surface area contributed by atoms with Crippen molar-refractivity contribution in [3.05, 3.63) is 48.0 Å². The molecule has 0 aromatic heterocycles. The van der Waals surface area contributed by atoms with E-state index < -0.39 is 0 Å². The number of likely N-dealkylation sites (N-methyl/N-ethyl adjacent to an activating group) is 1. The highest BCUT2D eigenvalue weighted by atomic mass is 127.